The number of para-hydroxylation sites is 1. The maximum absolute atomic E-state index is 10.6. The first-order chi connectivity index (χ1) is 7.97. The number of aromatic hydroxyl groups is 1. The van der Waals surface area contributed by atoms with Gasteiger partial charge in [0.05, 0.1) is 18.1 Å². The van der Waals surface area contributed by atoms with E-state index in [1.54, 1.807) is 0 Å². The lowest BCUT2D eigenvalue weighted by atomic mass is 9.99. The summed E-state index contributed by atoms with van der Waals surface area (Å²) < 4.78 is 0. The molecule has 0 spiro atoms. The van der Waals surface area contributed by atoms with E-state index in [1.807, 2.05) is 0 Å². The largest absolute Gasteiger partial charge is 0.507 e. The second kappa shape index (κ2) is 5.42. The maximum atomic E-state index is 10.6. The first kappa shape index (κ1) is 13.1. The molecule has 5 N–H and O–H groups in total. The Labute approximate surface area is 97.3 Å². The number of carbonyl (C=O) groups is 2. The summed E-state index contributed by atoms with van der Waals surface area (Å²) in [4.78, 5) is 21.2. The Balaban J connectivity index is 2.99. The van der Waals surface area contributed by atoms with Crippen LogP contribution in [0.4, 0.5) is 0 Å². The Bertz CT molecular complexity index is 432. The molecule has 2 unspecified atom stereocenters. The Morgan fingerprint density at radius 1 is 1.41 bits per heavy atom. The number of rotatable bonds is 5. The summed E-state index contributed by atoms with van der Waals surface area (Å²) in [7, 11) is 0. The van der Waals surface area contributed by atoms with E-state index in [0.29, 0.717) is 6.29 Å². The Morgan fingerprint density at radius 2 is 2.06 bits per heavy atom. The molecule has 0 aliphatic carbocycles. The number of nitrogens with two attached hydrogens (primary N) is 1. The number of phenolic OH excluding ortho intramolecular Hbond substituents is 1. The van der Waals surface area contributed by atoms with Crippen molar-refractivity contribution >= 4 is 12.2 Å². The number of carbonyl (C=O) groups excluding carboxylic acids is 2. The SMILES string of the molecule is NC(=O)CC(O)C(O)c1cccc(C=O)c1O. The minimum absolute atomic E-state index is 0.00664. The highest BCUT2D eigenvalue weighted by Gasteiger charge is 2.23. The van der Waals surface area contributed by atoms with Crippen LogP contribution in [0.3, 0.4) is 0 Å². The summed E-state index contributed by atoms with van der Waals surface area (Å²) in [5.41, 5.74) is 4.84. The molecule has 0 aromatic heterocycles. The molecule has 6 heteroatoms. The summed E-state index contributed by atoms with van der Waals surface area (Å²) in [5.74, 6) is -1.19. The maximum Gasteiger partial charge on any atom is 0.220 e. The minimum Gasteiger partial charge on any atom is -0.507 e. The van der Waals surface area contributed by atoms with Crippen molar-refractivity contribution in [2.75, 3.05) is 0 Å². The molecule has 2 atom stereocenters. The monoisotopic (exact) mass is 239 g/mol. The normalized spacial score (nSPS) is 14.0. The summed E-state index contributed by atoms with van der Waals surface area (Å²) >= 11 is 0. The van der Waals surface area contributed by atoms with E-state index in [2.05, 4.69) is 0 Å². The Hall–Kier alpha value is -1.92. The Morgan fingerprint density at radius 3 is 2.59 bits per heavy atom. The van der Waals surface area contributed by atoms with Gasteiger partial charge in [-0.05, 0) is 6.07 Å². The van der Waals surface area contributed by atoms with Crippen molar-refractivity contribution in [2.24, 2.45) is 5.73 Å². The molecule has 0 aliphatic heterocycles. The van der Waals surface area contributed by atoms with Gasteiger partial charge in [-0.3, -0.25) is 9.59 Å². The number of aldehydes is 1. The molecule has 1 aromatic carbocycles. The van der Waals surface area contributed by atoms with E-state index in [-0.39, 0.29) is 11.1 Å². The zero-order valence-corrected chi connectivity index (χ0v) is 8.91. The highest BCUT2D eigenvalue weighted by Crippen LogP contribution is 2.29. The fraction of sp³-hybridized carbons (Fsp3) is 0.273. The van der Waals surface area contributed by atoms with Crippen molar-refractivity contribution in [3.63, 3.8) is 0 Å². The lowest BCUT2D eigenvalue weighted by Gasteiger charge is -2.18. The first-order valence-electron chi connectivity index (χ1n) is 4.89. The van der Waals surface area contributed by atoms with E-state index >= 15 is 0 Å². The Kier molecular flexibility index (Phi) is 4.19. The molecule has 0 heterocycles. The van der Waals surface area contributed by atoms with Gasteiger partial charge in [-0.1, -0.05) is 12.1 Å². The van der Waals surface area contributed by atoms with Crippen LogP contribution in [0.15, 0.2) is 18.2 Å². The standard InChI is InChI=1S/C11H13NO5/c12-9(15)4-8(14)11(17)7-3-1-2-6(5-13)10(7)16/h1-3,5,8,11,14,16-17H,4H2,(H2,12,15). The minimum atomic E-state index is -1.48. The van der Waals surface area contributed by atoms with E-state index in [1.165, 1.54) is 18.2 Å². The van der Waals surface area contributed by atoms with Crippen LogP contribution in [0.1, 0.15) is 28.4 Å². The molecule has 0 saturated carbocycles. The van der Waals surface area contributed by atoms with E-state index < -0.39 is 30.3 Å². The van der Waals surface area contributed by atoms with Gasteiger partial charge in [-0.2, -0.15) is 0 Å². The van der Waals surface area contributed by atoms with Gasteiger partial charge in [0.1, 0.15) is 11.9 Å². The van der Waals surface area contributed by atoms with Gasteiger partial charge in [-0.25, -0.2) is 0 Å². The van der Waals surface area contributed by atoms with Crippen LogP contribution in [0.5, 0.6) is 5.75 Å². The number of primary amides is 1. The van der Waals surface area contributed by atoms with Gasteiger partial charge in [-0.15, -0.1) is 0 Å². The predicted octanol–water partition coefficient (Wildman–Crippen LogP) is -0.526. The molecular weight excluding hydrogens is 226 g/mol. The molecule has 92 valence electrons. The summed E-state index contributed by atoms with van der Waals surface area (Å²) in [6.45, 7) is 0. The van der Waals surface area contributed by atoms with Crippen molar-refractivity contribution < 1.29 is 24.9 Å². The van der Waals surface area contributed by atoms with E-state index in [4.69, 9.17) is 5.73 Å². The topological polar surface area (TPSA) is 121 Å². The molecule has 1 rings (SSSR count). The summed E-state index contributed by atoms with van der Waals surface area (Å²) in [6.07, 6.45) is -2.93. The zero-order chi connectivity index (χ0) is 13.0. The van der Waals surface area contributed by atoms with Gasteiger partial charge in [0, 0.05) is 5.56 Å². The van der Waals surface area contributed by atoms with Crippen LogP contribution >= 0.6 is 0 Å². The van der Waals surface area contributed by atoms with Crippen LogP contribution in [-0.2, 0) is 4.79 Å². The zero-order valence-electron chi connectivity index (χ0n) is 8.91. The number of amides is 1. The van der Waals surface area contributed by atoms with Crippen LogP contribution in [0.25, 0.3) is 0 Å². The molecule has 17 heavy (non-hydrogen) atoms. The molecule has 0 bridgehead atoms. The van der Waals surface area contributed by atoms with Crippen molar-refractivity contribution in [3.8, 4) is 5.75 Å². The predicted molar refractivity (Wildman–Crippen MR) is 58.3 cm³/mol. The quantitative estimate of drug-likeness (QED) is 0.515. The van der Waals surface area contributed by atoms with Gasteiger partial charge in [0.25, 0.3) is 0 Å². The van der Waals surface area contributed by atoms with Crippen molar-refractivity contribution in [3.05, 3.63) is 29.3 Å². The average molecular weight is 239 g/mol. The molecule has 0 aliphatic rings. The smallest absolute Gasteiger partial charge is 0.220 e. The van der Waals surface area contributed by atoms with Crippen LogP contribution in [0, 0.1) is 0 Å². The summed E-state index contributed by atoms with van der Waals surface area (Å²) in [6, 6.07) is 4.15. The molecule has 0 fully saturated rings. The van der Waals surface area contributed by atoms with Crippen LogP contribution in [0.2, 0.25) is 0 Å². The van der Waals surface area contributed by atoms with Crippen LogP contribution in [-0.4, -0.2) is 33.6 Å². The molecule has 0 radical (unpaired) electrons. The molecule has 0 saturated heterocycles. The highest BCUT2D eigenvalue weighted by atomic mass is 16.3. The number of phenols is 1. The van der Waals surface area contributed by atoms with Gasteiger partial charge in [0.15, 0.2) is 6.29 Å². The second-order valence-electron chi connectivity index (χ2n) is 3.59. The van der Waals surface area contributed by atoms with Gasteiger partial charge >= 0.3 is 0 Å². The lowest BCUT2D eigenvalue weighted by Crippen LogP contribution is -2.25. The average Bonchev–Trinajstić information content (AvgIpc) is 2.27. The lowest BCUT2D eigenvalue weighted by molar-refractivity contribution is -0.121. The van der Waals surface area contributed by atoms with Crippen molar-refractivity contribution in [2.45, 2.75) is 18.6 Å². The molecule has 6 nitrogen and oxygen atoms in total. The van der Waals surface area contributed by atoms with E-state index in [9.17, 15) is 24.9 Å². The molecule has 1 amide bonds. The first-order valence-corrected chi connectivity index (χ1v) is 4.89. The number of hydrogen-bond acceptors (Lipinski definition) is 5. The highest BCUT2D eigenvalue weighted by molar-refractivity contribution is 5.80. The van der Waals surface area contributed by atoms with Gasteiger partial charge < -0.3 is 21.1 Å². The molecule has 1 aromatic rings. The summed E-state index contributed by atoms with van der Waals surface area (Å²) in [5, 5.41) is 28.8. The number of hydrogen-bond donors (Lipinski definition) is 4. The fourth-order valence-corrected chi connectivity index (χ4v) is 1.44. The number of aliphatic hydroxyl groups is 2. The number of aliphatic hydroxyl groups excluding tert-OH is 2. The van der Waals surface area contributed by atoms with Crippen molar-refractivity contribution in [1.82, 2.24) is 0 Å². The second-order valence-corrected chi connectivity index (χ2v) is 3.59. The fourth-order valence-electron chi connectivity index (χ4n) is 1.44. The number of benzene rings is 1. The molecular formula is C11H13NO5. The van der Waals surface area contributed by atoms with Crippen molar-refractivity contribution in [1.29, 1.82) is 0 Å². The third-order valence-electron chi connectivity index (χ3n) is 2.32. The van der Waals surface area contributed by atoms with E-state index in [0.717, 1.165) is 0 Å². The third kappa shape index (κ3) is 3.02. The third-order valence-corrected chi connectivity index (χ3v) is 2.32. The van der Waals surface area contributed by atoms with Crippen LogP contribution < -0.4 is 5.73 Å². The van der Waals surface area contributed by atoms with Gasteiger partial charge in [0.2, 0.25) is 5.91 Å².